The molecule has 0 saturated heterocycles. The molecule has 0 atom stereocenters. The van der Waals surface area contributed by atoms with Gasteiger partial charge in [-0.25, -0.2) is 18.7 Å². The summed E-state index contributed by atoms with van der Waals surface area (Å²) >= 11 is -2.12. The minimum atomic E-state index is -2.12. The molecule has 4 heterocycles. The number of aromatic nitrogens is 8. The molecule has 0 spiro atoms. The standard InChI is InChI=1S/C32H22F2N10O7S.2Li/c33-21-11-19(31(47)48)25(37-29(45)23-1-3-27(41-39-23)43-7-5-35-15-43)9-17(21)13-52(51)14-18-10-26(20(32(49)50)12-22(18)34)38-30(46)24-2-4-28(42-40-24)44-8-6-36-16-44;;/h1-12,15-16H,13-14H2,(H,37,45)(H,38,46)(H,47,48)(H,49,50);;/q;2*+1/p-2. The van der Waals surface area contributed by atoms with Crippen LogP contribution in [0.5, 0.6) is 0 Å². The largest absolute Gasteiger partial charge is 1.00 e. The third-order valence-electron chi connectivity index (χ3n) is 7.25. The molecule has 22 heteroatoms. The molecule has 54 heavy (non-hydrogen) atoms. The van der Waals surface area contributed by atoms with Crippen molar-refractivity contribution >= 4 is 46.3 Å². The molecule has 0 aliphatic carbocycles. The van der Waals surface area contributed by atoms with E-state index in [0.717, 1.165) is 12.1 Å². The predicted molar refractivity (Wildman–Crippen MR) is 171 cm³/mol. The van der Waals surface area contributed by atoms with E-state index >= 15 is 8.78 Å². The maximum absolute atomic E-state index is 15.0. The van der Waals surface area contributed by atoms with E-state index in [1.54, 1.807) is 12.4 Å². The zero-order valence-corrected chi connectivity index (χ0v) is 28.9. The number of imidazole rings is 2. The van der Waals surface area contributed by atoms with E-state index in [2.05, 4.69) is 41.0 Å². The quantitative estimate of drug-likeness (QED) is 0.0880. The summed E-state index contributed by atoms with van der Waals surface area (Å²) in [4.78, 5) is 57.1. The average Bonchev–Trinajstić information content (AvgIpc) is 3.87. The van der Waals surface area contributed by atoms with Crippen molar-refractivity contribution in [1.82, 2.24) is 39.5 Å². The van der Waals surface area contributed by atoms with Crippen LogP contribution < -0.4 is 58.6 Å². The summed E-state index contributed by atoms with van der Waals surface area (Å²) in [5.74, 6) is -8.24. The molecule has 0 bridgehead atoms. The van der Waals surface area contributed by atoms with E-state index < -0.39 is 80.6 Å². The molecule has 0 aliphatic rings. The summed E-state index contributed by atoms with van der Waals surface area (Å²) in [5.41, 5.74) is -3.36. The van der Waals surface area contributed by atoms with Gasteiger partial charge in [-0.05, 0) is 59.7 Å². The van der Waals surface area contributed by atoms with E-state index in [-0.39, 0.29) is 60.2 Å². The van der Waals surface area contributed by atoms with Crippen molar-refractivity contribution in [2.45, 2.75) is 11.5 Å². The molecule has 0 fully saturated rings. The summed E-state index contributed by atoms with van der Waals surface area (Å²) in [5, 5.41) is 43.6. The summed E-state index contributed by atoms with van der Waals surface area (Å²) in [6, 6.07) is 8.52. The number of benzene rings is 2. The third-order valence-corrected chi connectivity index (χ3v) is 8.51. The fraction of sp³-hybridized carbons (Fsp3) is 0.0625. The van der Waals surface area contributed by atoms with Crippen LogP contribution in [-0.2, 0) is 22.7 Å². The number of aromatic carboxylic acids is 2. The van der Waals surface area contributed by atoms with Gasteiger partial charge in [0.1, 0.15) is 35.8 Å². The van der Waals surface area contributed by atoms with Crippen LogP contribution in [0, 0.1) is 11.6 Å². The normalized spacial score (nSPS) is 10.6. The molecule has 2 N–H and O–H groups in total. The summed E-state index contributed by atoms with van der Waals surface area (Å²) in [6.45, 7) is 0. The zero-order valence-electron chi connectivity index (χ0n) is 28.1. The smallest absolute Gasteiger partial charge is 0.616 e. The maximum atomic E-state index is 15.0. The number of amides is 2. The van der Waals surface area contributed by atoms with E-state index in [0.29, 0.717) is 23.8 Å². The van der Waals surface area contributed by atoms with Gasteiger partial charge in [0.05, 0.1) is 23.3 Å². The van der Waals surface area contributed by atoms with Crippen molar-refractivity contribution in [2.75, 3.05) is 10.6 Å². The van der Waals surface area contributed by atoms with Crippen LogP contribution in [0.1, 0.15) is 52.8 Å². The Hall–Kier alpha value is -5.74. The molecule has 0 unspecified atom stereocenters. The summed E-state index contributed by atoms with van der Waals surface area (Å²) in [6.07, 6.45) is 9.10. The number of anilines is 2. The number of halogens is 2. The first-order chi connectivity index (χ1) is 25.0. The first-order valence-corrected chi connectivity index (χ1v) is 16.1. The second-order valence-corrected chi connectivity index (χ2v) is 12.1. The molecular formula is C32H20F2Li2N10O7S. The van der Waals surface area contributed by atoms with Crippen molar-refractivity contribution in [3.63, 3.8) is 0 Å². The zero-order chi connectivity index (χ0) is 36.9. The van der Waals surface area contributed by atoms with Crippen molar-refractivity contribution < 1.29 is 80.4 Å². The number of rotatable bonds is 12. The second-order valence-electron chi connectivity index (χ2n) is 10.7. The molecule has 2 aromatic carbocycles. The number of nitrogens with zero attached hydrogens (tertiary/aromatic N) is 8. The molecule has 2 amide bonds. The van der Waals surface area contributed by atoms with Crippen LogP contribution in [0.15, 0.2) is 86.0 Å². The first kappa shape index (κ1) is 41.0. The molecule has 6 aromatic rings. The van der Waals surface area contributed by atoms with Gasteiger partial charge in [-0.1, -0.05) is 0 Å². The minimum Gasteiger partial charge on any atom is -0.616 e. The fourth-order valence-corrected chi connectivity index (χ4v) is 5.97. The SMILES string of the molecule is O=C(Nc1cc(C[S+]([O-])Cc2cc(NC(=O)c3ccc(-n4ccnc4)nn3)c(C(=O)[O-])cc2F)c(F)cc1C(=O)[O-])c1ccc(-n2ccnc2)nn1.[Li+].[Li+]. The average molecular weight is 741 g/mol. The van der Waals surface area contributed by atoms with Gasteiger partial charge in [0.2, 0.25) is 0 Å². The fourth-order valence-electron chi connectivity index (χ4n) is 4.73. The number of carbonyl (C=O) groups is 4. The van der Waals surface area contributed by atoms with Gasteiger partial charge in [0.15, 0.2) is 23.0 Å². The van der Waals surface area contributed by atoms with Crippen LogP contribution >= 0.6 is 0 Å². The Bertz CT molecular complexity index is 2140. The van der Waals surface area contributed by atoms with Gasteiger partial charge < -0.3 is 35.0 Å². The van der Waals surface area contributed by atoms with Gasteiger partial charge in [-0.15, -0.1) is 20.4 Å². The molecule has 6 rings (SSSR count). The maximum Gasteiger partial charge on any atom is 1.00 e. The predicted octanol–water partition coefficient (Wildman–Crippen LogP) is -5.40. The molecule has 262 valence electrons. The number of hydrogen-bond acceptors (Lipinski definition) is 13. The monoisotopic (exact) mass is 740 g/mol. The summed E-state index contributed by atoms with van der Waals surface area (Å²) in [7, 11) is 0. The van der Waals surface area contributed by atoms with Crippen molar-refractivity contribution in [3.05, 3.63) is 131 Å². The Morgan fingerprint density at radius 1 is 0.648 bits per heavy atom. The Morgan fingerprint density at radius 2 is 1.06 bits per heavy atom. The van der Waals surface area contributed by atoms with Crippen molar-refractivity contribution in [2.24, 2.45) is 0 Å². The van der Waals surface area contributed by atoms with Gasteiger partial charge in [-0.2, -0.15) is 0 Å². The van der Waals surface area contributed by atoms with Gasteiger partial charge >= 0.3 is 37.7 Å². The minimum absolute atomic E-state index is 0. The van der Waals surface area contributed by atoms with Crippen molar-refractivity contribution in [1.29, 1.82) is 0 Å². The van der Waals surface area contributed by atoms with E-state index in [9.17, 15) is 33.9 Å². The van der Waals surface area contributed by atoms with E-state index in [1.165, 1.54) is 58.4 Å². The molecule has 0 radical (unpaired) electrons. The molecule has 17 nitrogen and oxygen atoms in total. The molecule has 0 saturated carbocycles. The Balaban J connectivity index is 0.00000325. The van der Waals surface area contributed by atoms with Crippen LogP contribution in [-0.4, -0.2) is 67.8 Å². The van der Waals surface area contributed by atoms with Crippen LogP contribution in [0.2, 0.25) is 0 Å². The molecule has 0 aliphatic heterocycles. The van der Waals surface area contributed by atoms with Crippen LogP contribution in [0.25, 0.3) is 11.6 Å². The summed E-state index contributed by atoms with van der Waals surface area (Å²) < 4.78 is 46.3. The third kappa shape index (κ3) is 9.43. The molecule has 4 aromatic heterocycles. The number of carboxylic acids is 2. The van der Waals surface area contributed by atoms with Crippen molar-refractivity contribution in [3.8, 4) is 11.6 Å². The molecular weight excluding hydrogens is 720 g/mol. The van der Waals surface area contributed by atoms with Gasteiger partial charge in [-0.3, -0.25) is 18.7 Å². The van der Waals surface area contributed by atoms with E-state index in [4.69, 9.17) is 0 Å². The van der Waals surface area contributed by atoms with Gasteiger partial charge in [0.25, 0.3) is 11.8 Å². The Kier molecular flexibility index (Phi) is 13.6. The number of carbonyl (C=O) groups excluding carboxylic acids is 4. The Labute approximate surface area is 329 Å². The number of hydrogen-bond donors (Lipinski definition) is 2. The number of nitrogens with one attached hydrogen (secondary N) is 2. The van der Waals surface area contributed by atoms with Crippen LogP contribution in [0.3, 0.4) is 0 Å². The topological polar surface area (TPSA) is 249 Å². The van der Waals surface area contributed by atoms with E-state index in [1.807, 2.05) is 0 Å². The second kappa shape index (κ2) is 17.9. The van der Waals surface area contributed by atoms with Crippen LogP contribution in [0.4, 0.5) is 20.2 Å². The van der Waals surface area contributed by atoms with Gasteiger partial charge in [0, 0.05) is 47.0 Å². The first-order valence-electron chi connectivity index (χ1n) is 14.7. The Morgan fingerprint density at radius 3 is 1.37 bits per heavy atom. The number of carboxylic acid groups (broad SMARTS) is 2.